The van der Waals surface area contributed by atoms with Crippen LogP contribution in [0.15, 0.2) is 35.9 Å². The number of carbonyl (C=O) groups excluding carboxylic acids is 2. The topological polar surface area (TPSA) is 52.6 Å². The molecule has 4 aliphatic carbocycles. The Bertz CT molecular complexity index is 1280. The molecule has 0 amide bonds. The first-order chi connectivity index (χ1) is 20.8. The van der Waals surface area contributed by atoms with Crippen LogP contribution in [0.5, 0.6) is 5.75 Å². The fourth-order valence-corrected chi connectivity index (χ4v) is 13.7. The zero-order valence-electron chi connectivity index (χ0n) is 27.0. The van der Waals surface area contributed by atoms with Gasteiger partial charge in [0.2, 0.25) is 0 Å². The maximum Gasteiger partial charge on any atom is 0.336 e. The van der Waals surface area contributed by atoms with Crippen LogP contribution in [0.1, 0.15) is 105 Å². The highest BCUT2D eigenvalue weighted by Crippen LogP contribution is 2.67. The lowest BCUT2D eigenvalue weighted by Gasteiger charge is -2.58. The molecule has 1 aromatic rings. The summed E-state index contributed by atoms with van der Waals surface area (Å²) in [6.07, 6.45) is 18.5. The summed E-state index contributed by atoms with van der Waals surface area (Å²) in [6.45, 7) is 12.4. The van der Waals surface area contributed by atoms with Crippen LogP contribution in [0.25, 0.3) is 0 Å². The average molecular weight is 939 g/mol. The number of halogens is 3. The van der Waals surface area contributed by atoms with Gasteiger partial charge < -0.3 is 9.47 Å². The number of esters is 2. The van der Waals surface area contributed by atoms with Crippen LogP contribution >= 0.6 is 67.8 Å². The van der Waals surface area contributed by atoms with E-state index in [-0.39, 0.29) is 11.5 Å². The SMILES string of the molecule is CC(C)CCC[C@@H](C)[C@H]1CCC2C3CC=C4C[C@@H](OC(=O)/C=C/C(=O)Oc5c(I)cc(I)cc5I)CC[C@]4(C)C3CC[C@@]21C. The van der Waals surface area contributed by atoms with Crippen LogP contribution in [0, 0.1) is 57.0 Å². The van der Waals surface area contributed by atoms with Gasteiger partial charge >= 0.3 is 11.9 Å². The molecule has 0 saturated heterocycles. The van der Waals surface area contributed by atoms with Crippen LogP contribution in [0.3, 0.4) is 0 Å². The highest BCUT2D eigenvalue weighted by Gasteiger charge is 2.59. The molecule has 1 aromatic carbocycles. The van der Waals surface area contributed by atoms with E-state index in [0.717, 1.165) is 65.5 Å². The van der Waals surface area contributed by atoms with Crippen LogP contribution in [0.4, 0.5) is 0 Å². The molecule has 44 heavy (non-hydrogen) atoms. The van der Waals surface area contributed by atoms with Gasteiger partial charge in [0.1, 0.15) is 6.10 Å². The lowest BCUT2D eigenvalue weighted by Crippen LogP contribution is -2.51. The Hall–Kier alpha value is -0.170. The molecule has 0 radical (unpaired) electrons. The molecule has 7 heteroatoms. The van der Waals surface area contributed by atoms with E-state index >= 15 is 0 Å². The maximum atomic E-state index is 12.7. The first-order valence-electron chi connectivity index (χ1n) is 16.8. The summed E-state index contributed by atoms with van der Waals surface area (Å²) >= 11 is 6.56. The molecule has 8 atom stereocenters. The van der Waals surface area contributed by atoms with Crippen molar-refractivity contribution in [2.24, 2.45) is 46.3 Å². The molecule has 242 valence electrons. The van der Waals surface area contributed by atoms with Gasteiger partial charge in [0.05, 0.1) is 7.14 Å². The summed E-state index contributed by atoms with van der Waals surface area (Å²) in [5.74, 6) is 4.39. The van der Waals surface area contributed by atoms with E-state index in [4.69, 9.17) is 9.47 Å². The van der Waals surface area contributed by atoms with Gasteiger partial charge in [0, 0.05) is 22.1 Å². The fraction of sp³-hybridized carbons (Fsp3) is 0.676. The Morgan fingerprint density at radius 1 is 0.932 bits per heavy atom. The molecule has 4 aliphatic rings. The van der Waals surface area contributed by atoms with E-state index in [1.165, 1.54) is 69.1 Å². The van der Waals surface area contributed by atoms with E-state index in [1.54, 1.807) is 0 Å². The smallest absolute Gasteiger partial charge is 0.336 e. The average Bonchev–Trinajstić information content (AvgIpc) is 3.31. The molecular formula is C37H49I3O4. The second-order valence-corrected chi connectivity index (χ2v) is 18.6. The monoisotopic (exact) mass is 938 g/mol. The molecule has 3 fully saturated rings. The molecule has 0 aliphatic heterocycles. The van der Waals surface area contributed by atoms with Gasteiger partial charge in [-0.25, -0.2) is 9.59 Å². The first-order valence-corrected chi connectivity index (χ1v) is 20.0. The Morgan fingerprint density at radius 2 is 1.64 bits per heavy atom. The minimum absolute atomic E-state index is 0.131. The standard InChI is InChI=1S/C37H49I3O4/c1-22(2)7-6-8-23(3)28-11-12-29-27-10-9-24-19-26(15-17-36(24,4)30(27)16-18-37(28,29)5)43-33(41)13-14-34(42)44-35-31(39)20-25(38)21-32(35)40/h9,13-14,20-23,26-30H,6-8,10-12,15-19H2,1-5H3/b14-13+/t23-,26+,27?,28-,29?,30?,36+,37-/m1/s1. The van der Waals surface area contributed by atoms with Crippen molar-refractivity contribution in [1.29, 1.82) is 0 Å². The predicted molar refractivity (Wildman–Crippen MR) is 202 cm³/mol. The van der Waals surface area contributed by atoms with Crippen molar-refractivity contribution in [2.45, 2.75) is 111 Å². The summed E-state index contributed by atoms with van der Waals surface area (Å²) in [5, 5.41) is 0. The molecule has 3 saturated carbocycles. The number of allylic oxidation sites excluding steroid dienone is 1. The highest BCUT2D eigenvalue weighted by atomic mass is 127. The van der Waals surface area contributed by atoms with Crippen LogP contribution in [0.2, 0.25) is 0 Å². The van der Waals surface area contributed by atoms with E-state index < -0.39 is 11.9 Å². The third-order valence-electron chi connectivity index (χ3n) is 12.1. The predicted octanol–water partition coefficient (Wildman–Crippen LogP) is 10.9. The number of carbonyl (C=O) groups is 2. The minimum atomic E-state index is -0.570. The number of rotatable bonds is 9. The molecule has 0 heterocycles. The Labute approximate surface area is 306 Å². The van der Waals surface area contributed by atoms with E-state index in [0.29, 0.717) is 11.2 Å². The zero-order chi connectivity index (χ0) is 31.8. The Morgan fingerprint density at radius 3 is 2.34 bits per heavy atom. The summed E-state index contributed by atoms with van der Waals surface area (Å²) in [5.41, 5.74) is 2.22. The zero-order valence-corrected chi connectivity index (χ0v) is 33.4. The highest BCUT2D eigenvalue weighted by molar-refractivity contribution is 14.1. The minimum Gasteiger partial charge on any atom is -0.459 e. The molecule has 0 spiro atoms. The number of fused-ring (bicyclic) bond motifs is 5. The van der Waals surface area contributed by atoms with Crippen molar-refractivity contribution in [3.63, 3.8) is 0 Å². The van der Waals surface area contributed by atoms with Gasteiger partial charge in [0.15, 0.2) is 5.75 Å². The third kappa shape index (κ3) is 7.44. The Balaban J connectivity index is 1.17. The lowest BCUT2D eigenvalue weighted by atomic mass is 9.47. The van der Waals surface area contributed by atoms with Gasteiger partial charge in [-0.2, -0.15) is 0 Å². The molecule has 0 N–H and O–H groups in total. The van der Waals surface area contributed by atoms with Crippen molar-refractivity contribution in [2.75, 3.05) is 0 Å². The van der Waals surface area contributed by atoms with E-state index in [2.05, 4.69) is 108 Å². The van der Waals surface area contributed by atoms with E-state index in [9.17, 15) is 9.59 Å². The number of benzene rings is 1. The van der Waals surface area contributed by atoms with Crippen LogP contribution < -0.4 is 4.74 Å². The first kappa shape index (κ1) is 35.1. The quantitative estimate of drug-likeness (QED) is 0.0814. The largest absolute Gasteiger partial charge is 0.459 e. The van der Waals surface area contributed by atoms with Gasteiger partial charge in [-0.05, 0) is 171 Å². The molecule has 3 unspecified atom stereocenters. The summed E-state index contributed by atoms with van der Waals surface area (Å²) in [4.78, 5) is 25.2. The second kappa shape index (κ2) is 14.5. The lowest BCUT2D eigenvalue weighted by molar-refractivity contribution is -0.145. The third-order valence-corrected chi connectivity index (χ3v) is 14.3. The molecule has 4 nitrogen and oxygen atoms in total. The van der Waals surface area contributed by atoms with Crippen LogP contribution in [-0.2, 0) is 14.3 Å². The van der Waals surface area contributed by atoms with Crippen molar-refractivity contribution in [3.05, 3.63) is 46.6 Å². The van der Waals surface area contributed by atoms with E-state index in [1.807, 2.05) is 12.1 Å². The van der Waals surface area contributed by atoms with Gasteiger partial charge in [-0.15, -0.1) is 0 Å². The van der Waals surface area contributed by atoms with Gasteiger partial charge in [-0.3, -0.25) is 0 Å². The molecule has 0 bridgehead atoms. The maximum absolute atomic E-state index is 12.7. The van der Waals surface area contributed by atoms with Gasteiger partial charge in [0.25, 0.3) is 0 Å². The summed E-state index contributed by atoms with van der Waals surface area (Å²) < 4.78 is 14.2. The van der Waals surface area contributed by atoms with Gasteiger partial charge in [-0.1, -0.05) is 65.5 Å². The molecule has 0 aromatic heterocycles. The van der Waals surface area contributed by atoms with Crippen molar-refractivity contribution in [1.82, 2.24) is 0 Å². The summed E-state index contributed by atoms with van der Waals surface area (Å²) in [6, 6.07) is 3.91. The molecule has 5 rings (SSSR count). The summed E-state index contributed by atoms with van der Waals surface area (Å²) in [7, 11) is 0. The number of ether oxygens (including phenoxy) is 2. The normalized spacial score (nSPS) is 33.8. The Kier molecular flexibility index (Phi) is 11.6. The number of hydrogen-bond donors (Lipinski definition) is 0. The van der Waals surface area contributed by atoms with Crippen molar-refractivity contribution < 1.29 is 19.1 Å². The second-order valence-electron chi connectivity index (χ2n) is 15.0. The van der Waals surface area contributed by atoms with Crippen LogP contribution in [-0.4, -0.2) is 18.0 Å². The molecular weight excluding hydrogens is 889 g/mol. The van der Waals surface area contributed by atoms with Crippen molar-refractivity contribution >= 4 is 79.7 Å². The number of hydrogen-bond acceptors (Lipinski definition) is 4. The fourth-order valence-electron chi connectivity index (χ4n) is 9.85. The van der Waals surface area contributed by atoms with Crippen molar-refractivity contribution in [3.8, 4) is 5.75 Å².